The molecule has 0 radical (unpaired) electrons. The minimum absolute atomic E-state index is 0.362. The molecule has 1 saturated heterocycles. The van der Waals surface area contributed by atoms with Crippen molar-refractivity contribution in [3.8, 4) is 5.75 Å². The number of aliphatic hydroxyl groups is 1. The van der Waals surface area contributed by atoms with Crippen molar-refractivity contribution in [1.82, 2.24) is 0 Å². The van der Waals surface area contributed by atoms with Gasteiger partial charge >= 0.3 is 0 Å². The Balaban J connectivity index is 2.26. The number of hydrogen-bond acceptors (Lipinski definition) is 4. The van der Waals surface area contributed by atoms with Crippen LogP contribution >= 0.6 is 0 Å². The molecule has 3 N–H and O–H groups in total. The molecular weight excluding hydrogens is 242 g/mol. The molecular formula is C15H23NO3. The molecule has 0 amide bonds. The van der Waals surface area contributed by atoms with E-state index in [-0.39, 0.29) is 5.41 Å². The van der Waals surface area contributed by atoms with Gasteiger partial charge in [0.15, 0.2) is 0 Å². The van der Waals surface area contributed by atoms with Gasteiger partial charge in [0.1, 0.15) is 5.75 Å². The summed E-state index contributed by atoms with van der Waals surface area (Å²) in [5.41, 5.74) is 7.44. The first-order valence-corrected chi connectivity index (χ1v) is 6.73. The van der Waals surface area contributed by atoms with Crippen molar-refractivity contribution < 1.29 is 14.6 Å². The second kappa shape index (κ2) is 5.90. The third kappa shape index (κ3) is 2.76. The first kappa shape index (κ1) is 14.3. The van der Waals surface area contributed by atoms with Crippen LogP contribution in [0.4, 0.5) is 0 Å². The van der Waals surface area contributed by atoms with Crippen LogP contribution in [0.1, 0.15) is 30.1 Å². The van der Waals surface area contributed by atoms with E-state index in [1.165, 1.54) is 0 Å². The summed E-state index contributed by atoms with van der Waals surface area (Å²) in [6.45, 7) is 3.69. The first-order chi connectivity index (χ1) is 9.13. The molecule has 1 aromatic carbocycles. The zero-order chi connectivity index (χ0) is 13.9. The first-order valence-electron chi connectivity index (χ1n) is 6.73. The van der Waals surface area contributed by atoms with E-state index in [9.17, 15) is 5.11 Å². The molecule has 2 rings (SSSR count). The SMILES string of the molecule is COc1ccc(C(O)C2(CN)CCCOC2)cc1C. The predicted octanol–water partition coefficient (Wildman–Crippen LogP) is 1.79. The summed E-state index contributed by atoms with van der Waals surface area (Å²) in [7, 11) is 1.65. The lowest BCUT2D eigenvalue weighted by Gasteiger charge is -2.40. The number of ether oxygens (including phenoxy) is 2. The fourth-order valence-corrected chi connectivity index (χ4v) is 2.79. The van der Waals surface area contributed by atoms with Crippen LogP contribution < -0.4 is 10.5 Å². The molecule has 0 aromatic heterocycles. The van der Waals surface area contributed by atoms with Crippen molar-refractivity contribution in [3.63, 3.8) is 0 Å². The zero-order valence-electron chi connectivity index (χ0n) is 11.7. The third-order valence-electron chi connectivity index (χ3n) is 4.07. The quantitative estimate of drug-likeness (QED) is 0.871. The molecule has 1 heterocycles. The van der Waals surface area contributed by atoms with Crippen molar-refractivity contribution in [1.29, 1.82) is 0 Å². The highest BCUT2D eigenvalue weighted by Crippen LogP contribution is 2.40. The molecule has 0 aliphatic carbocycles. The normalized spacial score (nSPS) is 25.1. The van der Waals surface area contributed by atoms with Crippen LogP contribution in [0.25, 0.3) is 0 Å². The molecule has 1 fully saturated rings. The van der Waals surface area contributed by atoms with Crippen LogP contribution in [0.5, 0.6) is 5.75 Å². The number of methoxy groups -OCH3 is 1. The molecule has 0 bridgehead atoms. The van der Waals surface area contributed by atoms with Crippen molar-refractivity contribution in [3.05, 3.63) is 29.3 Å². The van der Waals surface area contributed by atoms with Crippen LogP contribution in [0.2, 0.25) is 0 Å². The Bertz CT molecular complexity index is 427. The van der Waals surface area contributed by atoms with E-state index in [4.69, 9.17) is 15.2 Å². The molecule has 1 aromatic rings. The number of nitrogens with two attached hydrogens (primary N) is 1. The number of benzene rings is 1. The predicted molar refractivity (Wildman–Crippen MR) is 74.2 cm³/mol. The fraction of sp³-hybridized carbons (Fsp3) is 0.600. The summed E-state index contributed by atoms with van der Waals surface area (Å²) in [6, 6.07) is 5.76. The monoisotopic (exact) mass is 265 g/mol. The van der Waals surface area contributed by atoms with Crippen LogP contribution in [0, 0.1) is 12.3 Å². The summed E-state index contributed by atoms with van der Waals surface area (Å²) >= 11 is 0. The fourth-order valence-electron chi connectivity index (χ4n) is 2.79. The number of rotatable bonds is 4. The van der Waals surface area contributed by atoms with Crippen molar-refractivity contribution >= 4 is 0 Å². The Labute approximate surface area is 114 Å². The van der Waals surface area contributed by atoms with E-state index in [1.807, 2.05) is 25.1 Å². The zero-order valence-corrected chi connectivity index (χ0v) is 11.7. The lowest BCUT2D eigenvalue weighted by molar-refractivity contribution is -0.0782. The summed E-state index contributed by atoms with van der Waals surface area (Å²) in [5.74, 6) is 0.831. The van der Waals surface area contributed by atoms with Crippen molar-refractivity contribution in [2.45, 2.75) is 25.9 Å². The van der Waals surface area contributed by atoms with E-state index >= 15 is 0 Å². The van der Waals surface area contributed by atoms with Gasteiger partial charge in [0.2, 0.25) is 0 Å². The van der Waals surface area contributed by atoms with Crippen LogP contribution in [0.3, 0.4) is 0 Å². The molecule has 4 heteroatoms. The molecule has 0 saturated carbocycles. The van der Waals surface area contributed by atoms with Crippen LogP contribution in [0.15, 0.2) is 18.2 Å². The Kier molecular flexibility index (Phi) is 4.45. The van der Waals surface area contributed by atoms with Crippen molar-refractivity contribution in [2.75, 3.05) is 26.9 Å². The largest absolute Gasteiger partial charge is 0.496 e. The Morgan fingerprint density at radius 3 is 2.84 bits per heavy atom. The van der Waals surface area contributed by atoms with E-state index < -0.39 is 6.10 Å². The average molecular weight is 265 g/mol. The maximum atomic E-state index is 10.7. The van der Waals surface area contributed by atoms with Gasteiger partial charge in [0.05, 0.1) is 19.8 Å². The maximum Gasteiger partial charge on any atom is 0.121 e. The second-order valence-corrected chi connectivity index (χ2v) is 5.35. The highest BCUT2D eigenvalue weighted by atomic mass is 16.5. The van der Waals surface area contributed by atoms with Gasteiger partial charge in [-0.05, 0) is 43.0 Å². The highest BCUT2D eigenvalue weighted by Gasteiger charge is 2.39. The van der Waals surface area contributed by atoms with Gasteiger partial charge in [0.25, 0.3) is 0 Å². The standard InChI is InChI=1S/C15H23NO3/c1-11-8-12(4-5-13(11)18-2)14(17)15(9-16)6-3-7-19-10-15/h4-5,8,14,17H,3,6-7,9-10,16H2,1-2H3. The topological polar surface area (TPSA) is 64.7 Å². The summed E-state index contributed by atoms with van der Waals surface area (Å²) in [6.07, 6.45) is 1.25. The van der Waals surface area contributed by atoms with Gasteiger partial charge < -0.3 is 20.3 Å². The van der Waals surface area contributed by atoms with Gasteiger partial charge in [0, 0.05) is 18.6 Å². The molecule has 106 valence electrons. The third-order valence-corrected chi connectivity index (χ3v) is 4.07. The molecule has 1 aliphatic rings. The van der Waals surface area contributed by atoms with Crippen LogP contribution in [-0.4, -0.2) is 32.0 Å². The van der Waals surface area contributed by atoms with Gasteiger partial charge in [-0.2, -0.15) is 0 Å². The smallest absolute Gasteiger partial charge is 0.121 e. The van der Waals surface area contributed by atoms with E-state index in [0.29, 0.717) is 13.2 Å². The van der Waals surface area contributed by atoms with Gasteiger partial charge in [-0.1, -0.05) is 6.07 Å². The van der Waals surface area contributed by atoms with Gasteiger partial charge in [-0.15, -0.1) is 0 Å². The summed E-state index contributed by atoms with van der Waals surface area (Å²) < 4.78 is 10.8. The molecule has 1 aliphatic heterocycles. The van der Waals surface area contributed by atoms with Crippen LogP contribution in [-0.2, 0) is 4.74 Å². The summed E-state index contributed by atoms with van der Waals surface area (Å²) in [4.78, 5) is 0. The average Bonchev–Trinajstić information content (AvgIpc) is 2.47. The second-order valence-electron chi connectivity index (χ2n) is 5.35. The lowest BCUT2D eigenvalue weighted by atomic mass is 9.74. The van der Waals surface area contributed by atoms with E-state index in [2.05, 4.69) is 0 Å². The lowest BCUT2D eigenvalue weighted by Crippen LogP contribution is -2.43. The minimum Gasteiger partial charge on any atom is -0.496 e. The molecule has 0 spiro atoms. The van der Waals surface area contributed by atoms with Gasteiger partial charge in [-0.25, -0.2) is 0 Å². The van der Waals surface area contributed by atoms with Gasteiger partial charge in [-0.3, -0.25) is 0 Å². The highest BCUT2D eigenvalue weighted by molar-refractivity contribution is 5.37. The summed E-state index contributed by atoms with van der Waals surface area (Å²) in [5, 5.41) is 10.7. The molecule has 2 atom stereocenters. The number of aryl methyl sites for hydroxylation is 1. The molecule has 2 unspecified atom stereocenters. The Hall–Kier alpha value is -1.10. The Morgan fingerprint density at radius 1 is 1.53 bits per heavy atom. The minimum atomic E-state index is -0.595. The molecule has 19 heavy (non-hydrogen) atoms. The van der Waals surface area contributed by atoms with Crippen molar-refractivity contribution in [2.24, 2.45) is 11.1 Å². The number of aliphatic hydroxyl groups excluding tert-OH is 1. The molecule has 4 nitrogen and oxygen atoms in total. The number of hydrogen-bond donors (Lipinski definition) is 2. The van der Waals surface area contributed by atoms with E-state index in [0.717, 1.165) is 36.3 Å². The maximum absolute atomic E-state index is 10.7. The Morgan fingerprint density at radius 2 is 2.32 bits per heavy atom. The van der Waals surface area contributed by atoms with E-state index in [1.54, 1.807) is 7.11 Å².